The average Bonchev–Trinajstić information content (AvgIpc) is 2.77. The minimum Gasteiger partial charge on any atom is -0.382 e. The van der Waals surface area contributed by atoms with Crippen LogP contribution in [0.15, 0.2) is 28.2 Å². The SMILES string of the molecule is Nc1nc(-n2ccc(=O)[nH]c2=O)nc2nc[nH]c12. The predicted molar refractivity (Wildman–Crippen MR) is 62.3 cm³/mol. The van der Waals surface area contributed by atoms with E-state index in [1.165, 1.54) is 18.6 Å². The smallest absolute Gasteiger partial charge is 0.335 e. The zero-order valence-electron chi connectivity index (χ0n) is 8.91. The molecule has 3 rings (SSSR count). The molecule has 0 aliphatic carbocycles. The normalized spacial score (nSPS) is 10.9. The summed E-state index contributed by atoms with van der Waals surface area (Å²) in [4.78, 5) is 39.4. The van der Waals surface area contributed by atoms with Crippen LogP contribution in [-0.4, -0.2) is 29.5 Å². The largest absolute Gasteiger partial charge is 0.382 e. The van der Waals surface area contributed by atoms with E-state index >= 15 is 0 Å². The standard InChI is InChI=1S/C9H7N7O2/c10-6-5-7(12-3-11-5)15-8(14-6)16-2-1-4(17)13-9(16)18/h1-3H,(H,13,17,18)(H3,10,11,12,14,15). The molecule has 0 spiro atoms. The number of nitrogens with zero attached hydrogens (tertiary/aromatic N) is 4. The van der Waals surface area contributed by atoms with Crippen molar-refractivity contribution in [2.24, 2.45) is 0 Å². The third kappa shape index (κ3) is 1.45. The van der Waals surface area contributed by atoms with Crippen LogP contribution in [0.1, 0.15) is 0 Å². The first-order chi connectivity index (χ1) is 8.65. The van der Waals surface area contributed by atoms with Crippen LogP contribution in [0.3, 0.4) is 0 Å². The summed E-state index contributed by atoms with van der Waals surface area (Å²) in [5, 5.41) is 0. The minimum atomic E-state index is -0.642. The lowest BCUT2D eigenvalue weighted by Crippen LogP contribution is -2.28. The average molecular weight is 245 g/mol. The number of hydrogen-bond acceptors (Lipinski definition) is 6. The van der Waals surface area contributed by atoms with Gasteiger partial charge in [0, 0.05) is 12.3 Å². The summed E-state index contributed by atoms with van der Waals surface area (Å²) in [6.45, 7) is 0. The number of rotatable bonds is 1. The number of imidazole rings is 1. The van der Waals surface area contributed by atoms with Gasteiger partial charge in [-0.1, -0.05) is 0 Å². The van der Waals surface area contributed by atoms with Gasteiger partial charge in [0.15, 0.2) is 11.5 Å². The Hall–Kier alpha value is -2.97. The first-order valence-corrected chi connectivity index (χ1v) is 4.94. The third-order valence-electron chi connectivity index (χ3n) is 2.34. The molecule has 90 valence electrons. The van der Waals surface area contributed by atoms with Crippen molar-refractivity contribution in [2.45, 2.75) is 0 Å². The number of aromatic amines is 2. The van der Waals surface area contributed by atoms with Gasteiger partial charge in [-0.2, -0.15) is 9.97 Å². The van der Waals surface area contributed by atoms with Crippen molar-refractivity contribution in [1.29, 1.82) is 0 Å². The van der Waals surface area contributed by atoms with Gasteiger partial charge in [0.05, 0.1) is 6.33 Å². The highest BCUT2D eigenvalue weighted by Crippen LogP contribution is 2.13. The summed E-state index contributed by atoms with van der Waals surface area (Å²) in [5.74, 6) is 0.221. The summed E-state index contributed by atoms with van der Waals surface area (Å²) in [6, 6.07) is 1.19. The molecule has 3 heterocycles. The molecule has 0 fully saturated rings. The number of nitrogen functional groups attached to an aromatic ring is 1. The van der Waals surface area contributed by atoms with Gasteiger partial charge in [-0.15, -0.1) is 0 Å². The van der Waals surface area contributed by atoms with E-state index in [9.17, 15) is 9.59 Å². The molecule has 0 saturated heterocycles. The van der Waals surface area contributed by atoms with E-state index in [0.717, 1.165) is 4.57 Å². The molecule has 9 nitrogen and oxygen atoms in total. The molecule has 0 radical (unpaired) electrons. The molecule has 0 aliphatic rings. The summed E-state index contributed by atoms with van der Waals surface area (Å²) < 4.78 is 1.08. The molecule has 0 amide bonds. The van der Waals surface area contributed by atoms with Crippen molar-refractivity contribution in [2.75, 3.05) is 5.73 Å². The van der Waals surface area contributed by atoms with E-state index in [4.69, 9.17) is 5.73 Å². The lowest BCUT2D eigenvalue weighted by atomic mass is 10.5. The second-order valence-electron chi connectivity index (χ2n) is 3.49. The van der Waals surface area contributed by atoms with Crippen LogP contribution in [0.5, 0.6) is 0 Å². The molecule has 0 aromatic carbocycles. The summed E-state index contributed by atoms with van der Waals surface area (Å²) in [6.07, 6.45) is 2.70. The van der Waals surface area contributed by atoms with E-state index in [1.807, 2.05) is 0 Å². The highest BCUT2D eigenvalue weighted by molar-refractivity contribution is 5.81. The number of nitrogens with two attached hydrogens (primary N) is 1. The van der Waals surface area contributed by atoms with E-state index in [1.54, 1.807) is 0 Å². The Balaban J connectivity index is 2.31. The predicted octanol–water partition coefficient (Wildman–Crippen LogP) is -1.23. The molecule has 3 aromatic heterocycles. The zero-order chi connectivity index (χ0) is 12.7. The zero-order valence-corrected chi connectivity index (χ0v) is 8.91. The Bertz CT molecular complexity index is 844. The van der Waals surface area contributed by atoms with Gasteiger partial charge in [0.25, 0.3) is 5.56 Å². The molecule has 4 N–H and O–H groups in total. The first-order valence-electron chi connectivity index (χ1n) is 4.94. The quantitative estimate of drug-likeness (QED) is 0.491. The molecule has 0 unspecified atom stereocenters. The number of nitrogens with one attached hydrogen (secondary N) is 2. The van der Waals surface area contributed by atoms with Gasteiger partial charge >= 0.3 is 5.69 Å². The van der Waals surface area contributed by atoms with E-state index in [0.29, 0.717) is 11.2 Å². The van der Waals surface area contributed by atoms with Crippen molar-refractivity contribution >= 4 is 17.0 Å². The maximum absolute atomic E-state index is 11.6. The van der Waals surface area contributed by atoms with Crippen LogP contribution >= 0.6 is 0 Å². The molecule has 0 bridgehead atoms. The second-order valence-corrected chi connectivity index (χ2v) is 3.49. The fourth-order valence-electron chi connectivity index (χ4n) is 1.53. The summed E-state index contributed by atoms with van der Waals surface area (Å²) >= 11 is 0. The first kappa shape index (κ1) is 10.2. The Morgan fingerprint density at radius 2 is 2.11 bits per heavy atom. The Kier molecular flexibility index (Phi) is 1.99. The molecule has 0 aliphatic heterocycles. The fourth-order valence-corrected chi connectivity index (χ4v) is 1.53. The Morgan fingerprint density at radius 1 is 1.28 bits per heavy atom. The highest BCUT2D eigenvalue weighted by atomic mass is 16.2. The van der Waals surface area contributed by atoms with Gasteiger partial charge in [-0.3, -0.25) is 9.78 Å². The monoisotopic (exact) mass is 245 g/mol. The van der Waals surface area contributed by atoms with Crippen LogP contribution in [0.25, 0.3) is 17.1 Å². The molecule has 18 heavy (non-hydrogen) atoms. The number of hydrogen-bond donors (Lipinski definition) is 3. The van der Waals surface area contributed by atoms with E-state index < -0.39 is 11.2 Å². The second kappa shape index (κ2) is 3.52. The highest BCUT2D eigenvalue weighted by Gasteiger charge is 2.09. The van der Waals surface area contributed by atoms with Crippen molar-refractivity contribution < 1.29 is 0 Å². The molecule has 0 atom stereocenters. The van der Waals surface area contributed by atoms with Crippen LogP contribution < -0.4 is 17.0 Å². The molecule has 9 heteroatoms. The van der Waals surface area contributed by atoms with Crippen LogP contribution in [-0.2, 0) is 0 Å². The minimum absolute atomic E-state index is 0.0494. The summed E-state index contributed by atoms with van der Waals surface area (Å²) in [7, 11) is 0. The van der Waals surface area contributed by atoms with Crippen molar-refractivity contribution in [1.82, 2.24) is 29.5 Å². The van der Waals surface area contributed by atoms with E-state index in [-0.39, 0.29) is 11.8 Å². The van der Waals surface area contributed by atoms with Gasteiger partial charge in [0.2, 0.25) is 5.95 Å². The Labute approximate surface area is 98.4 Å². The maximum Gasteiger partial charge on any atom is 0.335 e. The van der Waals surface area contributed by atoms with Crippen LogP contribution in [0.4, 0.5) is 5.82 Å². The lowest BCUT2D eigenvalue weighted by Gasteiger charge is -2.03. The Morgan fingerprint density at radius 3 is 2.89 bits per heavy atom. The molecular weight excluding hydrogens is 238 g/mol. The number of anilines is 1. The number of H-pyrrole nitrogens is 2. The maximum atomic E-state index is 11.6. The third-order valence-corrected chi connectivity index (χ3v) is 2.34. The van der Waals surface area contributed by atoms with Gasteiger partial charge in [0.1, 0.15) is 5.52 Å². The molecule has 0 saturated carbocycles. The number of fused-ring (bicyclic) bond motifs is 1. The number of aromatic nitrogens is 6. The van der Waals surface area contributed by atoms with Gasteiger partial charge in [-0.05, 0) is 0 Å². The summed E-state index contributed by atoms with van der Waals surface area (Å²) in [5.41, 5.74) is 5.41. The van der Waals surface area contributed by atoms with Crippen LogP contribution in [0.2, 0.25) is 0 Å². The van der Waals surface area contributed by atoms with E-state index in [2.05, 4.69) is 24.9 Å². The fraction of sp³-hybridized carbons (Fsp3) is 0. The molecule has 3 aromatic rings. The van der Waals surface area contributed by atoms with Gasteiger partial charge < -0.3 is 10.7 Å². The topological polar surface area (TPSA) is 135 Å². The van der Waals surface area contributed by atoms with Gasteiger partial charge in [-0.25, -0.2) is 14.3 Å². The van der Waals surface area contributed by atoms with Crippen molar-refractivity contribution in [3.8, 4) is 5.95 Å². The van der Waals surface area contributed by atoms with Crippen molar-refractivity contribution in [3.05, 3.63) is 39.4 Å². The van der Waals surface area contributed by atoms with Crippen molar-refractivity contribution in [3.63, 3.8) is 0 Å². The lowest BCUT2D eigenvalue weighted by molar-refractivity contribution is 0.839. The molecular formula is C9H7N7O2. The van der Waals surface area contributed by atoms with Crippen LogP contribution in [0, 0.1) is 0 Å².